The van der Waals surface area contributed by atoms with E-state index < -0.39 is 97.5 Å². The van der Waals surface area contributed by atoms with Crippen LogP contribution in [0.5, 0.6) is 0 Å². The zero-order valence-corrected chi connectivity index (χ0v) is 76.1. The maximum Gasteiger partial charge on any atom is 0.472 e. The summed E-state index contributed by atoms with van der Waals surface area (Å²) in [6.45, 7) is 14.4. The molecule has 0 aliphatic rings. The molecular weight excluding hydrogens is 1450 g/mol. The Bertz CT molecular complexity index is 2170. The van der Waals surface area contributed by atoms with E-state index in [1.807, 2.05) is 0 Å². The Morgan fingerprint density at radius 3 is 0.634 bits per heavy atom. The number of carbonyl (C=O) groups excluding carboxylic acids is 4. The molecule has 0 aromatic heterocycles. The van der Waals surface area contributed by atoms with Crippen molar-refractivity contribution in [3.8, 4) is 0 Å². The van der Waals surface area contributed by atoms with E-state index >= 15 is 0 Å². The Balaban J connectivity index is 5.22. The first kappa shape index (κ1) is 110. The van der Waals surface area contributed by atoms with Crippen molar-refractivity contribution in [1.82, 2.24) is 0 Å². The van der Waals surface area contributed by atoms with Crippen LogP contribution in [0, 0.1) is 23.7 Å². The SMILES string of the molecule is CCC(C)CCCCCCCCCCCCCCCCCCCCC(=O)O[C@H](COC(=O)CCCCCCCCCCCCCCCCCCCCC(C)C)COP(=O)(O)OC[C@@H](O)COP(=O)(O)OC[C@@H](COC(=O)CCCCCCCCC(C)CC)OC(=O)CCCCCCCCCCCCCCCCCCC(C)C. The van der Waals surface area contributed by atoms with Crippen molar-refractivity contribution in [2.45, 2.75) is 510 Å². The highest BCUT2D eigenvalue weighted by Gasteiger charge is 2.31. The highest BCUT2D eigenvalue weighted by molar-refractivity contribution is 7.47. The third-order valence-corrected chi connectivity index (χ3v) is 24.4. The van der Waals surface area contributed by atoms with Gasteiger partial charge >= 0.3 is 39.5 Å². The normalized spacial score (nSPS) is 14.3. The molecule has 112 heavy (non-hydrogen) atoms. The number of phosphoric acid groups is 2. The van der Waals surface area contributed by atoms with Crippen molar-refractivity contribution >= 4 is 39.5 Å². The average Bonchev–Trinajstić information content (AvgIpc) is 0.896. The standard InChI is InChI=1S/C93H182O17P2/c1-9-85(7)71-63-55-47-41-35-29-23-16-12-14-18-25-31-37-43-49-59-67-75-92(97)109-88(79-103-90(95)73-65-57-48-42-36-30-24-17-13-11-15-21-27-33-39-45-53-61-69-83(3)4)81-107-111(99,100)105-77-87(94)78-106-112(101,102)108-82-89(80-104-91(96)74-66-58-52-51-56-64-72-86(8)10-2)110-93(98)76-68-60-50-44-38-32-26-20-19-22-28-34-40-46-54-62-70-84(5)6/h83-89,94H,9-82H2,1-8H3,(H,99,100)(H,101,102)/t85?,86?,87-,88-,89-/m1/s1. The quantitative estimate of drug-likeness (QED) is 0.0222. The average molecular weight is 1630 g/mol. The number of aliphatic hydroxyl groups is 1. The maximum atomic E-state index is 13.2. The van der Waals surface area contributed by atoms with Crippen LogP contribution >= 0.6 is 15.6 Å². The van der Waals surface area contributed by atoms with Gasteiger partial charge in [0.1, 0.15) is 19.3 Å². The Morgan fingerprint density at radius 2 is 0.429 bits per heavy atom. The van der Waals surface area contributed by atoms with Crippen LogP contribution in [0.4, 0.5) is 0 Å². The summed E-state index contributed by atoms with van der Waals surface area (Å²) in [4.78, 5) is 73.4. The second-order valence-corrected chi connectivity index (χ2v) is 37.7. The third kappa shape index (κ3) is 83.1. The van der Waals surface area contributed by atoms with Crippen LogP contribution in [-0.4, -0.2) is 96.7 Å². The summed E-state index contributed by atoms with van der Waals surface area (Å²) in [5.74, 6) is 1.13. The molecule has 666 valence electrons. The second-order valence-electron chi connectivity index (χ2n) is 34.8. The van der Waals surface area contributed by atoms with Gasteiger partial charge in [-0.25, -0.2) is 9.13 Å². The van der Waals surface area contributed by atoms with E-state index in [9.17, 15) is 43.2 Å². The van der Waals surface area contributed by atoms with Crippen LogP contribution < -0.4 is 0 Å². The van der Waals surface area contributed by atoms with Gasteiger partial charge in [-0.05, 0) is 49.4 Å². The van der Waals surface area contributed by atoms with Gasteiger partial charge < -0.3 is 33.8 Å². The lowest BCUT2D eigenvalue weighted by Crippen LogP contribution is -2.30. The fourth-order valence-electron chi connectivity index (χ4n) is 14.5. The molecule has 0 aromatic carbocycles. The predicted octanol–water partition coefficient (Wildman–Crippen LogP) is 28.7. The molecule has 19 heteroatoms. The van der Waals surface area contributed by atoms with Crippen LogP contribution in [0.3, 0.4) is 0 Å². The molecule has 0 aromatic rings. The molecule has 0 heterocycles. The largest absolute Gasteiger partial charge is 0.472 e. The zero-order chi connectivity index (χ0) is 82.3. The van der Waals surface area contributed by atoms with Crippen molar-refractivity contribution < 1.29 is 80.2 Å². The van der Waals surface area contributed by atoms with E-state index in [4.69, 9.17) is 37.0 Å². The summed E-state index contributed by atoms with van der Waals surface area (Å²) in [6, 6.07) is 0. The summed E-state index contributed by atoms with van der Waals surface area (Å²) in [5, 5.41) is 10.7. The second kappa shape index (κ2) is 81.4. The van der Waals surface area contributed by atoms with E-state index in [1.54, 1.807) is 0 Å². The van der Waals surface area contributed by atoms with Crippen LogP contribution in [-0.2, 0) is 65.4 Å². The number of aliphatic hydroxyl groups excluding tert-OH is 1. The van der Waals surface area contributed by atoms with Crippen molar-refractivity contribution in [1.29, 1.82) is 0 Å². The van der Waals surface area contributed by atoms with Crippen LogP contribution in [0.1, 0.15) is 492 Å². The molecule has 17 nitrogen and oxygen atoms in total. The lowest BCUT2D eigenvalue weighted by Gasteiger charge is -2.21. The van der Waals surface area contributed by atoms with Crippen LogP contribution in [0.15, 0.2) is 0 Å². The monoisotopic (exact) mass is 1630 g/mol. The molecule has 7 atom stereocenters. The Morgan fingerprint density at radius 1 is 0.250 bits per heavy atom. The van der Waals surface area contributed by atoms with Crippen molar-refractivity contribution in [3.05, 3.63) is 0 Å². The van der Waals surface area contributed by atoms with Crippen LogP contribution in [0.25, 0.3) is 0 Å². The lowest BCUT2D eigenvalue weighted by atomic mass is 9.99. The third-order valence-electron chi connectivity index (χ3n) is 22.5. The highest BCUT2D eigenvalue weighted by Crippen LogP contribution is 2.45. The Hall–Kier alpha value is -1.94. The van der Waals surface area contributed by atoms with Gasteiger partial charge in [0.05, 0.1) is 26.4 Å². The number of unbranched alkanes of at least 4 members (excludes halogenated alkanes) is 54. The molecule has 4 unspecified atom stereocenters. The maximum absolute atomic E-state index is 13.2. The topological polar surface area (TPSA) is 237 Å². The number of esters is 4. The molecule has 3 N–H and O–H groups in total. The van der Waals surface area contributed by atoms with E-state index in [-0.39, 0.29) is 25.7 Å². The number of carbonyl (C=O) groups is 4. The number of rotatable bonds is 90. The molecule has 0 amide bonds. The fourth-order valence-corrected chi connectivity index (χ4v) is 16.1. The molecule has 0 radical (unpaired) electrons. The molecule has 0 saturated heterocycles. The van der Waals surface area contributed by atoms with Gasteiger partial charge in [0.25, 0.3) is 0 Å². The number of ether oxygens (including phenoxy) is 4. The van der Waals surface area contributed by atoms with E-state index in [2.05, 4.69) is 55.4 Å². The molecule has 0 spiro atoms. The first-order valence-electron chi connectivity index (χ1n) is 47.8. The van der Waals surface area contributed by atoms with Crippen molar-refractivity contribution in [3.63, 3.8) is 0 Å². The summed E-state index contributed by atoms with van der Waals surface area (Å²) >= 11 is 0. The summed E-state index contributed by atoms with van der Waals surface area (Å²) in [5.41, 5.74) is 0. The Kier molecular flexibility index (Phi) is 80.0. The number of hydrogen-bond donors (Lipinski definition) is 3. The highest BCUT2D eigenvalue weighted by atomic mass is 31.2. The van der Waals surface area contributed by atoms with Gasteiger partial charge in [0, 0.05) is 25.7 Å². The minimum absolute atomic E-state index is 0.107. The fraction of sp³-hybridized carbons (Fsp3) is 0.957. The van der Waals surface area contributed by atoms with Gasteiger partial charge in [0.2, 0.25) is 0 Å². The number of phosphoric ester groups is 2. The molecule has 0 aliphatic heterocycles. The molecular formula is C93H182O17P2. The molecule has 0 fully saturated rings. The van der Waals surface area contributed by atoms with Gasteiger partial charge in [-0.2, -0.15) is 0 Å². The lowest BCUT2D eigenvalue weighted by molar-refractivity contribution is -0.161. The molecule has 0 rings (SSSR count). The van der Waals surface area contributed by atoms with E-state index in [1.165, 1.54) is 289 Å². The van der Waals surface area contributed by atoms with Gasteiger partial charge in [-0.15, -0.1) is 0 Å². The minimum atomic E-state index is -4.97. The molecule has 0 saturated carbocycles. The molecule has 0 bridgehead atoms. The first-order chi connectivity index (χ1) is 54.2. The summed E-state index contributed by atoms with van der Waals surface area (Å²) in [7, 11) is -9.94. The van der Waals surface area contributed by atoms with Gasteiger partial charge in [-0.3, -0.25) is 37.3 Å². The smallest absolute Gasteiger partial charge is 0.462 e. The van der Waals surface area contributed by atoms with Crippen molar-refractivity contribution in [2.75, 3.05) is 39.6 Å². The van der Waals surface area contributed by atoms with E-state index in [0.717, 1.165) is 120 Å². The van der Waals surface area contributed by atoms with Gasteiger partial charge in [-0.1, -0.05) is 441 Å². The van der Waals surface area contributed by atoms with Crippen LogP contribution in [0.2, 0.25) is 0 Å². The molecule has 0 aliphatic carbocycles. The van der Waals surface area contributed by atoms with Crippen molar-refractivity contribution in [2.24, 2.45) is 23.7 Å². The zero-order valence-electron chi connectivity index (χ0n) is 74.3. The predicted molar refractivity (Wildman–Crippen MR) is 464 cm³/mol. The minimum Gasteiger partial charge on any atom is -0.462 e. The van der Waals surface area contributed by atoms with Gasteiger partial charge in [0.15, 0.2) is 12.2 Å². The summed E-state index contributed by atoms with van der Waals surface area (Å²) in [6.07, 6.45) is 73.8. The number of hydrogen-bond acceptors (Lipinski definition) is 15. The van der Waals surface area contributed by atoms with E-state index in [0.29, 0.717) is 25.7 Å². The summed E-state index contributed by atoms with van der Waals surface area (Å²) < 4.78 is 69.1. The Labute approximate surface area is 689 Å². The first-order valence-corrected chi connectivity index (χ1v) is 50.8.